The predicted molar refractivity (Wildman–Crippen MR) is 85.4 cm³/mol. The Labute approximate surface area is 119 Å². The topological polar surface area (TPSA) is 23.5 Å². The summed E-state index contributed by atoms with van der Waals surface area (Å²) in [5, 5.41) is 10.7. The van der Waals surface area contributed by atoms with E-state index >= 15 is 0 Å². The minimum Gasteiger partial charge on any atom is -0.385 e. The Bertz CT molecular complexity index is 296. The van der Waals surface area contributed by atoms with Gasteiger partial charge in [0.1, 0.15) is 0 Å². The van der Waals surface area contributed by atoms with Crippen LogP contribution in [0.2, 0.25) is 0 Å². The van der Waals surface area contributed by atoms with E-state index in [1.807, 2.05) is 39.0 Å². The van der Waals surface area contributed by atoms with E-state index in [0.29, 0.717) is 0 Å². The molecule has 19 heavy (non-hydrogen) atoms. The Kier molecular flexibility index (Phi) is 9.54. The second-order valence-electron chi connectivity index (χ2n) is 4.73. The highest BCUT2D eigenvalue weighted by Gasteiger charge is 2.33. The number of allylic oxidation sites excluding steroid dienone is 3. The molecule has 0 spiro atoms. The first-order valence-corrected chi connectivity index (χ1v) is 7.57. The van der Waals surface area contributed by atoms with Crippen LogP contribution in [-0.4, -0.2) is 35.2 Å². The average Bonchev–Trinajstić information content (AvgIpc) is 2.44. The maximum atomic E-state index is 10.7. The van der Waals surface area contributed by atoms with Crippen molar-refractivity contribution in [2.45, 2.75) is 52.6 Å². The summed E-state index contributed by atoms with van der Waals surface area (Å²) in [5.41, 5.74) is 0.330. The highest BCUT2D eigenvalue weighted by Crippen LogP contribution is 2.30. The van der Waals surface area contributed by atoms with Crippen molar-refractivity contribution < 1.29 is 5.11 Å². The molecule has 0 unspecified atom stereocenters. The van der Waals surface area contributed by atoms with Gasteiger partial charge in [0.2, 0.25) is 0 Å². The number of rotatable bonds is 5. The molecule has 1 fully saturated rings. The molecule has 0 aromatic carbocycles. The third-order valence-electron chi connectivity index (χ3n) is 3.40. The summed E-state index contributed by atoms with van der Waals surface area (Å²) in [6.45, 7) is 15.0. The third kappa shape index (κ3) is 5.75. The monoisotopic (exact) mass is 265 g/mol. The van der Waals surface area contributed by atoms with Crippen molar-refractivity contribution in [3.8, 4) is 0 Å². The first-order chi connectivity index (χ1) is 9.16. The minimum atomic E-state index is -0.662. The van der Waals surface area contributed by atoms with Crippen LogP contribution in [0.5, 0.6) is 0 Å². The van der Waals surface area contributed by atoms with Gasteiger partial charge < -0.3 is 10.0 Å². The molecule has 1 heterocycles. The number of nitrogens with zero attached hydrogens (tertiary/aromatic N) is 1. The van der Waals surface area contributed by atoms with Gasteiger partial charge in [-0.25, -0.2) is 0 Å². The molecule has 110 valence electrons. The van der Waals surface area contributed by atoms with Gasteiger partial charge in [0.05, 0.1) is 5.60 Å². The predicted octanol–water partition coefficient (Wildman–Crippen LogP) is 3.94. The lowest BCUT2D eigenvalue weighted by molar-refractivity contribution is 0.0123. The zero-order valence-corrected chi connectivity index (χ0v) is 13.2. The molecule has 2 nitrogen and oxygen atoms in total. The zero-order chi connectivity index (χ0) is 14.7. The van der Waals surface area contributed by atoms with Gasteiger partial charge in [0.25, 0.3) is 0 Å². The lowest BCUT2D eigenvalue weighted by atomic mass is 9.83. The normalized spacial score (nSPS) is 19.9. The Balaban J connectivity index is 0.00000154. The molecule has 0 aromatic rings. The molecule has 1 rings (SSSR count). The van der Waals surface area contributed by atoms with Gasteiger partial charge in [0.15, 0.2) is 0 Å². The summed E-state index contributed by atoms with van der Waals surface area (Å²) in [6.07, 6.45) is 10.5. The van der Waals surface area contributed by atoms with Crippen molar-refractivity contribution in [2.24, 2.45) is 0 Å². The Morgan fingerprint density at radius 2 is 1.89 bits per heavy atom. The molecular weight excluding hydrogens is 234 g/mol. The molecule has 2 heteroatoms. The molecule has 0 amide bonds. The maximum absolute atomic E-state index is 10.7. The van der Waals surface area contributed by atoms with Gasteiger partial charge in [-0.15, -0.1) is 0 Å². The van der Waals surface area contributed by atoms with Gasteiger partial charge in [-0.1, -0.05) is 51.7 Å². The summed E-state index contributed by atoms with van der Waals surface area (Å²) in [4.78, 5) is 2.43. The molecule has 1 aliphatic heterocycles. The van der Waals surface area contributed by atoms with Crippen LogP contribution >= 0.6 is 0 Å². The molecule has 1 saturated heterocycles. The van der Waals surface area contributed by atoms with E-state index in [4.69, 9.17) is 0 Å². The molecule has 0 bridgehead atoms. The lowest BCUT2D eigenvalue weighted by Crippen LogP contribution is -2.45. The van der Waals surface area contributed by atoms with E-state index in [1.165, 1.54) is 6.42 Å². The largest absolute Gasteiger partial charge is 0.385 e. The smallest absolute Gasteiger partial charge is 0.0920 e. The van der Waals surface area contributed by atoms with Crippen molar-refractivity contribution in [3.63, 3.8) is 0 Å². The van der Waals surface area contributed by atoms with Gasteiger partial charge in [-0.05, 0) is 38.3 Å². The molecular formula is C17H31NO. The van der Waals surface area contributed by atoms with Crippen molar-refractivity contribution in [3.05, 3.63) is 36.5 Å². The fraction of sp³-hybridized carbons (Fsp3) is 0.647. The zero-order valence-electron chi connectivity index (χ0n) is 13.2. The number of aliphatic hydroxyl groups is 1. The molecule has 1 aliphatic rings. The van der Waals surface area contributed by atoms with Crippen LogP contribution in [0.25, 0.3) is 0 Å². The average molecular weight is 265 g/mol. The third-order valence-corrected chi connectivity index (χ3v) is 3.40. The van der Waals surface area contributed by atoms with E-state index in [0.717, 1.165) is 38.0 Å². The molecule has 0 radical (unpaired) electrons. The van der Waals surface area contributed by atoms with Crippen LogP contribution in [0.3, 0.4) is 0 Å². The lowest BCUT2D eigenvalue weighted by Gasteiger charge is -2.39. The van der Waals surface area contributed by atoms with Gasteiger partial charge in [-0.2, -0.15) is 0 Å². The number of piperidine rings is 1. The molecule has 0 aliphatic carbocycles. The van der Waals surface area contributed by atoms with Crippen LogP contribution in [-0.2, 0) is 0 Å². The van der Waals surface area contributed by atoms with Crippen LogP contribution in [0.1, 0.15) is 47.0 Å². The van der Waals surface area contributed by atoms with E-state index in [-0.39, 0.29) is 0 Å². The highest BCUT2D eigenvalue weighted by atomic mass is 16.3. The summed E-state index contributed by atoms with van der Waals surface area (Å²) in [5.74, 6) is 0. The molecule has 0 aromatic heterocycles. The standard InChI is InChI=1S/C15H25NO.C2H6/c1-4-7-14(8-5-2)15(17)9-12-16(11-6-3)13-10-15;1-2/h4-5,7-8,17H,1,6,9-13H2,2-3H3;1-2H3/b8-5-,14-7+;. The SMILES string of the molecule is C=C/C=C(\C=C/C)C1(O)CCN(CCC)CC1.CC. The van der Waals surface area contributed by atoms with Crippen LogP contribution in [0.4, 0.5) is 0 Å². The van der Waals surface area contributed by atoms with E-state index in [2.05, 4.69) is 18.4 Å². The van der Waals surface area contributed by atoms with Crippen LogP contribution < -0.4 is 0 Å². The fourth-order valence-electron chi connectivity index (χ4n) is 2.42. The fourth-order valence-corrected chi connectivity index (χ4v) is 2.42. The Morgan fingerprint density at radius 3 is 2.32 bits per heavy atom. The molecule has 0 saturated carbocycles. The second kappa shape index (κ2) is 9.99. The van der Waals surface area contributed by atoms with Crippen molar-refractivity contribution in [2.75, 3.05) is 19.6 Å². The number of likely N-dealkylation sites (tertiary alicyclic amines) is 1. The quantitative estimate of drug-likeness (QED) is 0.761. The van der Waals surface area contributed by atoms with Crippen LogP contribution in [0.15, 0.2) is 36.5 Å². The summed E-state index contributed by atoms with van der Waals surface area (Å²) < 4.78 is 0. The van der Waals surface area contributed by atoms with E-state index in [1.54, 1.807) is 6.08 Å². The molecule has 1 N–H and O–H groups in total. The first-order valence-electron chi connectivity index (χ1n) is 7.57. The van der Waals surface area contributed by atoms with E-state index in [9.17, 15) is 5.11 Å². The van der Waals surface area contributed by atoms with E-state index < -0.39 is 5.60 Å². The first kappa shape index (κ1) is 18.1. The summed E-state index contributed by atoms with van der Waals surface area (Å²) in [7, 11) is 0. The van der Waals surface area contributed by atoms with Crippen LogP contribution in [0, 0.1) is 0 Å². The van der Waals surface area contributed by atoms with Gasteiger partial charge in [-0.3, -0.25) is 0 Å². The Morgan fingerprint density at radius 1 is 1.32 bits per heavy atom. The molecule has 0 atom stereocenters. The summed E-state index contributed by atoms with van der Waals surface area (Å²) >= 11 is 0. The van der Waals surface area contributed by atoms with Crippen molar-refractivity contribution >= 4 is 0 Å². The number of hydrogen-bond donors (Lipinski definition) is 1. The van der Waals surface area contributed by atoms with Gasteiger partial charge in [0, 0.05) is 13.1 Å². The van der Waals surface area contributed by atoms with Crippen molar-refractivity contribution in [1.29, 1.82) is 0 Å². The highest BCUT2D eigenvalue weighted by molar-refractivity contribution is 5.32. The maximum Gasteiger partial charge on any atom is 0.0920 e. The second-order valence-corrected chi connectivity index (χ2v) is 4.73. The van der Waals surface area contributed by atoms with Crippen molar-refractivity contribution in [1.82, 2.24) is 4.90 Å². The van der Waals surface area contributed by atoms with Gasteiger partial charge >= 0.3 is 0 Å². The summed E-state index contributed by atoms with van der Waals surface area (Å²) in [6, 6.07) is 0. The Hall–Kier alpha value is -0.860. The minimum absolute atomic E-state index is 0.662. The number of hydrogen-bond acceptors (Lipinski definition) is 2.